The Morgan fingerprint density at radius 1 is 1.08 bits per heavy atom. The van der Waals surface area contributed by atoms with Crippen LogP contribution in [-0.2, 0) is 6.54 Å². The van der Waals surface area contributed by atoms with Crippen LogP contribution in [0.15, 0.2) is 71.3 Å². The zero-order chi connectivity index (χ0) is 17.4. The molecule has 2 heterocycles. The molecular formula is C20H18N2O3. The molecule has 1 aliphatic heterocycles. The fourth-order valence-corrected chi connectivity index (χ4v) is 3.39. The number of amides is 1. The molecule has 126 valence electrons. The summed E-state index contributed by atoms with van der Waals surface area (Å²) < 4.78 is 5.45. The second-order valence-corrected chi connectivity index (χ2v) is 6.11. The highest BCUT2D eigenvalue weighted by Crippen LogP contribution is 2.39. The van der Waals surface area contributed by atoms with Gasteiger partial charge in [-0.2, -0.15) is 0 Å². The smallest absolute Gasteiger partial charge is 0.258 e. The first-order chi connectivity index (χ1) is 12.1. The number of furan rings is 1. The highest BCUT2D eigenvalue weighted by Gasteiger charge is 2.37. The Hall–Kier alpha value is -3.21. The summed E-state index contributed by atoms with van der Waals surface area (Å²) in [5.41, 5.74) is 2.38. The number of para-hydroxylation sites is 1. The van der Waals surface area contributed by atoms with Crippen molar-refractivity contribution in [2.45, 2.75) is 12.7 Å². The number of phenolic OH excluding ortho intramolecular Hbond substituents is 1. The molecule has 5 nitrogen and oxygen atoms in total. The molecule has 2 aromatic carbocycles. The Bertz CT molecular complexity index is 905. The Morgan fingerprint density at radius 2 is 1.92 bits per heavy atom. The molecule has 5 heteroatoms. The quantitative estimate of drug-likeness (QED) is 0.792. The third kappa shape index (κ3) is 2.63. The Labute approximate surface area is 145 Å². The number of fused-ring (bicyclic) bond motifs is 1. The van der Waals surface area contributed by atoms with Crippen molar-refractivity contribution in [1.29, 1.82) is 0 Å². The van der Waals surface area contributed by atoms with Crippen molar-refractivity contribution in [2.75, 3.05) is 11.9 Å². The minimum absolute atomic E-state index is 0.0570. The molecule has 1 atom stereocenters. The van der Waals surface area contributed by atoms with Crippen LogP contribution in [0.25, 0.3) is 0 Å². The normalized spacial score (nSPS) is 16.8. The van der Waals surface area contributed by atoms with Gasteiger partial charge in [-0.25, -0.2) is 0 Å². The molecule has 0 saturated heterocycles. The molecular weight excluding hydrogens is 316 g/mol. The lowest BCUT2D eigenvalue weighted by Crippen LogP contribution is -2.47. The molecule has 0 bridgehead atoms. The van der Waals surface area contributed by atoms with Crippen LogP contribution in [-0.4, -0.2) is 23.0 Å². The fourth-order valence-electron chi connectivity index (χ4n) is 3.39. The Kier molecular flexibility index (Phi) is 3.69. The molecule has 0 saturated carbocycles. The lowest BCUT2D eigenvalue weighted by molar-refractivity contribution is 0.0619. The first-order valence-electron chi connectivity index (χ1n) is 8.09. The van der Waals surface area contributed by atoms with Crippen molar-refractivity contribution in [2.24, 2.45) is 0 Å². The molecule has 1 N–H and O–H groups in total. The van der Waals surface area contributed by atoms with Crippen molar-refractivity contribution in [3.05, 3.63) is 83.8 Å². The van der Waals surface area contributed by atoms with Gasteiger partial charge in [-0.05, 0) is 42.0 Å². The molecule has 0 unspecified atom stereocenters. The average Bonchev–Trinajstić information content (AvgIpc) is 3.13. The summed E-state index contributed by atoms with van der Waals surface area (Å²) in [6.45, 7) is 0.352. The van der Waals surface area contributed by atoms with E-state index in [1.807, 2.05) is 49.5 Å². The van der Waals surface area contributed by atoms with Crippen LogP contribution in [0.4, 0.5) is 5.69 Å². The molecule has 25 heavy (non-hydrogen) atoms. The van der Waals surface area contributed by atoms with Crippen LogP contribution in [0.3, 0.4) is 0 Å². The third-order valence-corrected chi connectivity index (χ3v) is 4.51. The second kappa shape index (κ2) is 6.02. The number of benzene rings is 2. The number of rotatable bonds is 3. The zero-order valence-electron chi connectivity index (χ0n) is 13.8. The first kappa shape index (κ1) is 15.3. The number of phenols is 1. The van der Waals surface area contributed by atoms with Gasteiger partial charge in [0, 0.05) is 7.05 Å². The van der Waals surface area contributed by atoms with Crippen molar-refractivity contribution in [1.82, 2.24) is 4.90 Å². The number of carbonyl (C=O) groups is 1. The van der Waals surface area contributed by atoms with Crippen LogP contribution in [0.5, 0.6) is 5.75 Å². The molecule has 1 aromatic heterocycles. The topological polar surface area (TPSA) is 56.9 Å². The summed E-state index contributed by atoms with van der Waals surface area (Å²) in [5.74, 6) is 0.833. The van der Waals surface area contributed by atoms with Gasteiger partial charge in [0.05, 0.1) is 24.1 Å². The van der Waals surface area contributed by atoms with Crippen LogP contribution in [0.2, 0.25) is 0 Å². The lowest BCUT2D eigenvalue weighted by atomic mass is 10.0. The average molecular weight is 334 g/mol. The summed E-state index contributed by atoms with van der Waals surface area (Å²) in [5, 5.41) is 9.89. The van der Waals surface area contributed by atoms with Gasteiger partial charge in [0.15, 0.2) is 0 Å². The molecule has 3 aromatic rings. The van der Waals surface area contributed by atoms with Crippen molar-refractivity contribution in [3.8, 4) is 5.75 Å². The maximum atomic E-state index is 13.2. The largest absolute Gasteiger partial charge is 0.508 e. The van der Waals surface area contributed by atoms with E-state index in [1.54, 1.807) is 29.4 Å². The number of aromatic hydroxyl groups is 1. The molecule has 0 fully saturated rings. The van der Waals surface area contributed by atoms with Gasteiger partial charge in [-0.1, -0.05) is 24.3 Å². The van der Waals surface area contributed by atoms with E-state index in [1.165, 1.54) is 0 Å². The maximum Gasteiger partial charge on any atom is 0.258 e. The van der Waals surface area contributed by atoms with Crippen LogP contribution >= 0.6 is 0 Å². The summed E-state index contributed by atoms with van der Waals surface area (Å²) in [6.07, 6.45) is 1.27. The highest BCUT2D eigenvalue weighted by molar-refractivity contribution is 6.02. The molecule has 0 spiro atoms. The van der Waals surface area contributed by atoms with E-state index in [4.69, 9.17) is 4.42 Å². The van der Waals surface area contributed by atoms with Gasteiger partial charge in [0.2, 0.25) is 0 Å². The predicted molar refractivity (Wildman–Crippen MR) is 94.3 cm³/mol. The van der Waals surface area contributed by atoms with Gasteiger partial charge in [0.25, 0.3) is 5.91 Å². The van der Waals surface area contributed by atoms with Gasteiger partial charge in [0.1, 0.15) is 17.7 Å². The van der Waals surface area contributed by atoms with Crippen LogP contribution in [0, 0.1) is 0 Å². The van der Waals surface area contributed by atoms with Crippen molar-refractivity contribution < 1.29 is 14.3 Å². The number of hydrogen-bond donors (Lipinski definition) is 1. The standard InChI is InChI=1S/C20H18N2O3/c1-21-18-10-3-2-9-17(18)20(24)22(13-16-8-5-11-25-16)19(21)14-6-4-7-15(23)12-14/h2-12,19,23H,13H2,1H3/t19-/m1/s1. The minimum Gasteiger partial charge on any atom is -0.508 e. The van der Waals surface area contributed by atoms with Gasteiger partial charge in [-0.3, -0.25) is 4.79 Å². The van der Waals surface area contributed by atoms with Crippen LogP contribution < -0.4 is 4.90 Å². The summed E-state index contributed by atoms with van der Waals surface area (Å²) >= 11 is 0. The lowest BCUT2D eigenvalue weighted by Gasteiger charge is -2.43. The van der Waals surface area contributed by atoms with Crippen molar-refractivity contribution >= 4 is 11.6 Å². The van der Waals surface area contributed by atoms with Crippen molar-refractivity contribution in [3.63, 3.8) is 0 Å². The number of carbonyl (C=O) groups excluding carboxylic acids is 1. The van der Waals surface area contributed by atoms with E-state index in [0.29, 0.717) is 17.9 Å². The van der Waals surface area contributed by atoms with Gasteiger partial charge in [-0.15, -0.1) is 0 Å². The second-order valence-electron chi connectivity index (χ2n) is 6.11. The number of nitrogens with zero attached hydrogens (tertiary/aromatic N) is 2. The van der Waals surface area contributed by atoms with E-state index >= 15 is 0 Å². The zero-order valence-corrected chi connectivity index (χ0v) is 13.8. The van der Waals surface area contributed by atoms with E-state index < -0.39 is 0 Å². The summed E-state index contributed by atoms with van der Waals surface area (Å²) in [7, 11) is 1.95. The summed E-state index contributed by atoms with van der Waals surface area (Å²) in [6, 6.07) is 18.2. The SMILES string of the molecule is CN1c2ccccc2C(=O)N(Cc2ccco2)[C@@H]1c1cccc(O)c1. The first-order valence-corrected chi connectivity index (χ1v) is 8.09. The molecule has 1 aliphatic rings. The monoisotopic (exact) mass is 334 g/mol. The predicted octanol–water partition coefficient (Wildman–Crippen LogP) is 3.78. The number of anilines is 1. The van der Waals surface area contributed by atoms with E-state index in [2.05, 4.69) is 4.90 Å². The molecule has 1 amide bonds. The number of hydrogen-bond acceptors (Lipinski definition) is 4. The van der Waals surface area contributed by atoms with Gasteiger partial charge >= 0.3 is 0 Å². The minimum atomic E-state index is -0.334. The van der Waals surface area contributed by atoms with E-state index in [9.17, 15) is 9.90 Å². The fraction of sp³-hybridized carbons (Fsp3) is 0.150. The highest BCUT2D eigenvalue weighted by atomic mass is 16.3. The Morgan fingerprint density at radius 3 is 2.68 bits per heavy atom. The molecule has 4 rings (SSSR count). The summed E-state index contributed by atoms with van der Waals surface area (Å²) in [4.78, 5) is 17.0. The van der Waals surface area contributed by atoms with E-state index in [-0.39, 0.29) is 17.8 Å². The third-order valence-electron chi connectivity index (χ3n) is 4.51. The maximum absolute atomic E-state index is 13.2. The van der Waals surface area contributed by atoms with Gasteiger partial charge < -0.3 is 19.3 Å². The Balaban J connectivity index is 1.83. The van der Waals surface area contributed by atoms with Crippen LogP contribution in [0.1, 0.15) is 27.8 Å². The molecule has 0 aliphatic carbocycles. The molecule has 0 radical (unpaired) electrons. The van der Waals surface area contributed by atoms with E-state index in [0.717, 1.165) is 11.3 Å².